The number of nitrogens with one attached hydrogen (secondary N) is 2. The topological polar surface area (TPSA) is 130 Å². The van der Waals surface area contributed by atoms with Gasteiger partial charge in [0.2, 0.25) is 25.4 Å². The van der Waals surface area contributed by atoms with Crippen molar-refractivity contribution in [2.24, 2.45) is 0 Å². The number of ether oxygens (including phenoxy) is 4. The van der Waals surface area contributed by atoms with E-state index in [0.717, 1.165) is 18.4 Å². The monoisotopic (exact) mass is 582 g/mol. The summed E-state index contributed by atoms with van der Waals surface area (Å²) < 4.78 is 23.2. The number of fused-ring (bicyclic) bond motifs is 3. The second-order valence-electron chi connectivity index (χ2n) is 10.0. The van der Waals surface area contributed by atoms with Gasteiger partial charge >= 0.3 is 0 Å². The molecule has 3 heterocycles. The van der Waals surface area contributed by atoms with Crippen LogP contribution in [0.2, 0.25) is 0 Å². The van der Waals surface area contributed by atoms with E-state index in [-0.39, 0.29) is 42.8 Å². The highest BCUT2D eigenvalue weighted by atomic mass is 32.2. The Labute approximate surface area is 241 Å². The minimum absolute atomic E-state index is 0.0353. The Morgan fingerprint density at radius 3 is 2.49 bits per heavy atom. The molecule has 1 atom stereocenters. The van der Waals surface area contributed by atoms with Gasteiger partial charge in [-0.3, -0.25) is 19.0 Å². The third-order valence-corrected chi connectivity index (χ3v) is 7.95. The largest absolute Gasteiger partial charge is 0.454 e. The van der Waals surface area contributed by atoms with E-state index in [0.29, 0.717) is 71.4 Å². The second kappa shape index (κ2) is 13.2. The number of nitrogens with zero attached hydrogens (tertiary/aromatic N) is 2. The Kier molecular flexibility index (Phi) is 9.17. The van der Waals surface area contributed by atoms with Gasteiger partial charge in [0, 0.05) is 31.6 Å². The fourth-order valence-electron chi connectivity index (χ4n) is 4.52. The lowest BCUT2D eigenvalue weighted by Crippen LogP contribution is -2.33. The van der Waals surface area contributed by atoms with E-state index >= 15 is 0 Å². The van der Waals surface area contributed by atoms with Gasteiger partial charge in [-0.15, -0.1) is 0 Å². The predicted molar refractivity (Wildman–Crippen MR) is 154 cm³/mol. The van der Waals surface area contributed by atoms with E-state index in [1.807, 2.05) is 32.0 Å². The molecule has 2 aliphatic heterocycles. The van der Waals surface area contributed by atoms with E-state index in [1.54, 1.807) is 16.7 Å². The Hall–Kier alpha value is -3.93. The zero-order chi connectivity index (χ0) is 28.8. The van der Waals surface area contributed by atoms with Gasteiger partial charge in [-0.25, -0.2) is 4.98 Å². The molecule has 0 unspecified atom stereocenters. The molecule has 1 aromatic heterocycles. The van der Waals surface area contributed by atoms with Crippen LogP contribution in [0.25, 0.3) is 10.9 Å². The summed E-state index contributed by atoms with van der Waals surface area (Å²) in [5.74, 6) is 2.47. The van der Waals surface area contributed by atoms with Crippen molar-refractivity contribution < 1.29 is 28.5 Å². The molecule has 2 aliphatic rings. The molecule has 11 nitrogen and oxygen atoms in total. The van der Waals surface area contributed by atoms with Crippen LogP contribution in [0.4, 0.5) is 0 Å². The number of thioether (sulfide) groups is 1. The maximum atomic E-state index is 13.5. The van der Waals surface area contributed by atoms with E-state index in [2.05, 4.69) is 10.6 Å². The van der Waals surface area contributed by atoms with E-state index in [9.17, 15) is 14.4 Å². The first kappa shape index (κ1) is 28.6. The number of hydrogen-bond acceptors (Lipinski definition) is 9. The van der Waals surface area contributed by atoms with Gasteiger partial charge in [-0.2, -0.15) is 0 Å². The van der Waals surface area contributed by atoms with Crippen LogP contribution < -0.4 is 35.1 Å². The van der Waals surface area contributed by atoms with Crippen LogP contribution in [-0.2, 0) is 22.7 Å². The van der Waals surface area contributed by atoms with Gasteiger partial charge < -0.3 is 29.6 Å². The van der Waals surface area contributed by atoms with Gasteiger partial charge in [0.1, 0.15) is 0 Å². The maximum Gasteiger partial charge on any atom is 0.262 e. The van der Waals surface area contributed by atoms with Crippen molar-refractivity contribution in [1.82, 2.24) is 20.2 Å². The molecule has 2 amide bonds. The van der Waals surface area contributed by atoms with Crippen molar-refractivity contribution in [3.63, 3.8) is 0 Å². The molecule has 5 rings (SSSR count). The summed E-state index contributed by atoms with van der Waals surface area (Å²) in [5.41, 5.74) is 1.25. The molecule has 0 spiro atoms. The summed E-state index contributed by atoms with van der Waals surface area (Å²) in [5, 5.41) is 6.79. The van der Waals surface area contributed by atoms with Gasteiger partial charge in [-0.05, 0) is 49.9 Å². The van der Waals surface area contributed by atoms with E-state index < -0.39 is 0 Å². The lowest BCUT2D eigenvalue weighted by Gasteiger charge is -2.15. The van der Waals surface area contributed by atoms with Crippen LogP contribution in [0.1, 0.15) is 51.5 Å². The number of hydrogen-bond donors (Lipinski definition) is 2. The standard InChI is InChI=1S/C29H34N4O7S/c1-3-18(2)31-27(35)15-41-29-32-21-13-25-24(39-17-40-25)12-20(21)28(36)33(29)10-6-4-5-7-26(34)30-14-19-8-9-22-23(11-19)38-16-37-22/h8-9,11-13,18H,3-7,10,14-17H2,1-2H3,(H,30,34)(H,31,35)/t18-/m0/s1. The van der Waals surface area contributed by atoms with Gasteiger partial charge in [0.05, 0.1) is 16.7 Å². The highest BCUT2D eigenvalue weighted by Gasteiger charge is 2.20. The lowest BCUT2D eigenvalue weighted by molar-refractivity contribution is -0.121. The summed E-state index contributed by atoms with van der Waals surface area (Å²) in [7, 11) is 0. The summed E-state index contributed by atoms with van der Waals surface area (Å²) in [6.07, 6.45) is 3.33. The zero-order valence-electron chi connectivity index (χ0n) is 23.2. The molecule has 2 N–H and O–H groups in total. The summed E-state index contributed by atoms with van der Waals surface area (Å²) in [6, 6.07) is 9.05. The van der Waals surface area contributed by atoms with Crippen molar-refractivity contribution in [2.45, 2.75) is 70.2 Å². The normalized spacial score (nSPS) is 13.8. The number of carbonyl (C=O) groups excluding carboxylic acids is 2. The molecule has 3 aromatic rings. The number of unbranched alkanes of at least 4 members (excludes halogenated alkanes) is 2. The van der Waals surface area contributed by atoms with Crippen molar-refractivity contribution >= 4 is 34.5 Å². The molecule has 0 bridgehead atoms. The molecular weight excluding hydrogens is 548 g/mol. The zero-order valence-corrected chi connectivity index (χ0v) is 24.0. The number of aromatic nitrogens is 2. The Bertz CT molecular complexity index is 1490. The molecule has 218 valence electrons. The van der Waals surface area contributed by atoms with Crippen LogP contribution in [0.5, 0.6) is 23.0 Å². The summed E-state index contributed by atoms with van der Waals surface area (Å²) in [4.78, 5) is 43.0. The molecule has 0 aliphatic carbocycles. The third kappa shape index (κ3) is 7.05. The van der Waals surface area contributed by atoms with Gasteiger partial charge in [-0.1, -0.05) is 31.2 Å². The van der Waals surface area contributed by atoms with Crippen LogP contribution in [0.15, 0.2) is 40.3 Å². The third-order valence-electron chi connectivity index (χ3n) is 6.98. The average Bonchev–Trinajstić information content (AvgIpc) is 3.63. The minimum atomic E-state index is -0.195. The first-order chi connectivity index (χ1) is 19.9. The number of carbonyl (C=O) groups is 2. The Morgan fingerprint density at radius 1 is 0.976 bits per heavy atom. The summed E-state index contributed by atoms with van der Waals surface area (Å²) >= 11 is 1.24. The molecule has 12 heteroatoms. The Morgan fingerprint density at radius 2 is 1.71 bits per heavy atom. The number of benzene rings is 2. The van der Waals surface area contributed by atoms with E-state index in [4.69, 9.17) is 23.9 Å². The molecule has 41 heavy (non-hydrogen) atoms. The van der Waals surface area contributed by atoms with E-state index in [1.165, 1.54) is 11.8 Å². The fourth-order valence-corrected chi connectivity index (χ4v) is 5.36. The van der Waals surface area contributed by atoms with Crippen molar-refractivity contribution in [3.8, 4) is 23.0 Å². The molecular formula is C29H34N4O7S. The fraction of sp³-hybridized carbons (Fsp3) is 0.448. The van der Waals surface area contributed by atoms with Crippen LogP contribution in [0, 0.1) is 0 Å². The summed E-state index contributed by atoms with van der Waals surface area (Å²) in [6.45, 7) is 5.11. The first-order valence-electron chi connectivity index (χ1n) is 13.8. The van der Waals surface area contributed by atoms with Crippen LogP contribution >= 0.6 is 11.8 Å². The number of amides is 2. The van der Waals surface area contributed by atoms with Crippen LogP contribution in [0.3, 0.4) is 0 Å². The SMILES string of the molecule is CC[C@H](C)NC(=O)CSc1nc2cc3c(cc2c(=O)n1CCCCCC(=O)NCc1ccc2c(c1)OCO2)OCO3. The molecule has 0 saturated heterocycles. The van der Waals surface area contributed by atoms with Crippen molar-refractivity contribution in [2.75, 3.05) is 19.3 Å². The average molecular weight is 583 g/mol. The van der Waals surface area contributed by atoms with Gasteiger partial charge in [0.15, 0.2) is 28.2 Å². The lowest BCUT2D eigenvalue weighted by atomic mass is 10.1. The predicted octanol–water partition coefficient (Wildman–Crippen LogP) is 3.74. The van der Waals surface area contributed by atoms with Gasteiger partial charge in [0.25, 0.3) is 5.56 Å². The minimum Gasteiger partial charge on any atom is -0.454 e. The second-order valence-corrected chi connectivity index (χ2v) is 11.0. The molecule has 0 saturated carbocycles. The highest BCUT2D eigenvalue weighted by Crippen LogP contribution is 2.35. The quantitative estimate of drug-likeness (QED) is 0.176. The van der Waals surface area contributed by atoms with Crippen molar-refractivity contribution in [1.29, 1.82) is 0 Å². The number of rotatable bonds is 13. The van der Waals surface area contributed by atoms with Crippen molar-refractivity contribution in [3.05, 3.63) is 46.2 Å². The highest BCUT2D eigenvalue weighted by molar-refractivity contribution is 7.99. The molecule has 0 fully saturated rings. The van der Waals surface area contributed by atoms with Crippen LogP contribution in [-0.4, -0.2) is 46.7 Å². The smallest absolute Gasteiger partial charge is 0.262 e. The maximum absolute atomic E-state index is 13.5. The molecule has 2 aromatic carbocycles. The molecule has 0 radical (unpaired) electrons. The Balaban J connectivity index is 1.17. The first-order valence-corrected chi connectivity index (χ1v) is 14.8.